The van der Waals surface area contributed by atoms with Crippen LogP contribution in [0.3, 0.4) is 0 Å². The van der Waals surface area contributed by atoms with Crippen LogP contribution < -0.4 is 10.5 Å². The summed E-state index contributed by atoms with van der Waals surface area (Å²) in [5, 5.41) is 19.9. The van der Waals surface area contributed by atoms with Gasteiger partial charge in [0.05, 0.1) is 25.4 Å². The maximum Gasteiger partial charge on any atom is 0.118 e. The van der Waals surface area contributed by atoms with E-state index >= 15 is 0 Å². The average Bonchev–Trinajstić information content (AvgIpc) is 3.22. The second-order valence-corrected chi connectivity index (χ2v) is 5.02. The molecule has 1 aliphatic carbocycles. The topological polar surface area (TPSA) is 75.7 Å². The Balaban J connectivity index is 1.90. The molecule has 4 nitrogen and oxygen atoms in total. The predicted octanol–water partition coefficient (Wildman–Crippen LogP) is 0.697. The number of aliphatic hydroxyl groups excluding tert-OH is 2. The lowest BCUT2D eigenvalue weighted by Gasteiger charge is -2.24. The highest BCUT2D eigenvalue weighted by Gasteiger charge is 2.36. The van der Waals surface area contributed by atoms with Gasteiger partial charge in [0, 0.05) is 0 Å². The van der Waals surface area contributed by atoms with E-state index in [1.165, 1.54) is 0 Å². The van der Waals surface area contributed by atoms with Crippen LogP contribution in [-0.4, -0.2) is 35.6 Å². The fourth-order valence-electron chi connectivity index (χ4n) is 2.12. The molecule has 0 heterocycles. The summed E-state index contributed by atoms with van der Waals surface area (Å²) in [5.41, 5.74) is 6.87. The summed E-state index contributed by atoms with van der Waals surface area (Å²) in [7, 11) is 1.62. The Morgan fingerprint density at radius 3 is 2.39 bits per heavy atom. The van der Waals surface area contributed by atoms with Crippen molar-refractivity contribution in [2.75, 3.05) is 7.11 Å². The zero-order chi connectivity index (χ0) is 13.1. The van der Waals surface area contributed by atoms with Gasteiger partial charge in [-0.15, -0.1) is 0 Å². The molecule has 18 heavy (non-hydrogen) atoms. The first-order valence-corrected chi connectivity index (χ1v) is 6.36. The van der Waals surface area contributed by atoms with Gasteiger partial charge in [-0.25, -0.2) is 0 Å². The molecular weight excluding hydrogens is 230 g/mol. The first-order chi connectivity index (χ1) is 8.61. The van der Waals surface area contributed by atoms with Gasteiger partial charge in [0.1, 0.15) is 5.75 Å². The second-order valence-electron chi connectivity index (χ2n) is 5.02. The highest BCUT2D eigenvalue weighted by atomic mass is 16.5. The van der Waals surface area contributed by atoms with Gasteiger partial charge in [-0.3, -0.25) is 0 Å². The predicted molar refractivity (Wildman–Crippen MR) is 69.4 cm³/mol. The van der Waals surface area contributed by atoms with Gasteiger partial charge in [-0.2, -0.15) is 0 Å². The van der Waals surface area contributed by atoms with Gasteiger partial charge in [-0.05, 0) is 42.9 Å². The van der Waals surface area contributed by atoms with Crippen molar-refractivity contribution in [2.45, 2.75) is 37.5 Å². The molecule has 4 heteroatoms. The first-order valence-electron chi connectivity index (χ1n) is 6.36. The largest absolute Gasteiger partial charge is 0.497 e. The van der Waals surface area contributed by atoms with Crippen LogP contribution in [0.15, 0.2) is 24.3 Å². The molecule has 3 atom stereocenters. The molecule has 1 aliphatic rings. The van der Waals surface area contributed by atoms with Crippen LogP contribution in [0.4, 0.5) is 0 Å². The zero-order valence-electron chi connectivity index (χ0n) is 10.6. The lowest BCUT2D eigenvalue weighted by molar-refractivity contribution is 0.0439. The molecule has 2 rings (SSSR count). The molecule has 0 aromatic heterocycles. The molecule has 0 aliphatic heterocycles. The van der Waals surface area contributed by atoms with Crippen molar-refractivity contribution in [3.8, 4) is 5.75 Å². The van der Waals surface area contributed by atoms with Crippen LogP contribution in [0, 0.1) is 5.92 Å². The number of ether oxygens (including phenoxy) is 1. The second kappa shape index (κ2) is 5.69. The molecule has 0 amide bonds. The standard InChI is InChI=1S/C14H21NO3/c1-18-11-6-2-9(3-7-11)8-12(16)13(15)14(17)10-4-5-10/h2-3,6-7,10,12-14,16-17H,4-5,8,15H2,1H3. The van der Waals surface area contributed by atoms with Gasteiger partial charge in [0.2, 0.25) is 0 Å². The summed E-state index contributed by atoms with van der Waals surface area (Å²) < 4.78 is 5.07. The van der Waals surface area contributed by atoms with Crippen LogP contribution in [0.2, 0.25) is 0 Å². The Morgan fingerprint density at radius 2 is 1.89 bits per heavy atom. The number of hydrogen-bond donors (Lipinski definition) is 3. The lowest BCUT2D eigenvalue weighted by Crippen LogP contribution is -2.46. The van der Waals surface area contributed by atoms with Crippen LogP contribution >= 0.6 is 0 Å². The number of hydrogen-bond acceptors (Lipinski definition) is 4. The first kappa shape index (κ1) is 13.3. The normalized spacial score (nSPS) is 20.2. The molecule has 0 bridgehead atoms. The molecule has 1 fully saturated rings. The van der Waals surface area contributed by atoms with Gasteiger partial charge in [-0.1, -0.05) is 12.1 Å². The van der Waals surface area contributed by atoms with Crippen LogP contribution in [0.5, 0.6) is 5.75 Å². The van der Waals surface area contributed by atoms with Crippen LogP contribution in [0.25, 0.3) is 0 Å². The molecule has 0 saturated heterocycles. The molecule has 0 spiro atoms. The van der Waals surface area contributed by atoms with E-state index < -0.39 is 18.2 Å². The van der Waals surface area contributed by atoms with E-state index in [0.29, 0.717) is 6.42 Å². The van der Waals surface area contributed by atoms with Gasteiger partial charge < -0.3 is 20.7 Å². The van der Waals surface area contributed by atoms with Crippen molar-refractivity contribution in [3.05, 3.63) is 29.8 Å². The number of aliphatic hydroxyl groups is 2. The van der Waals surface area contributed by atoms with Crippen LogP contribution in [-0.2, 0) is 6.42 Å². The monoisotopic (exact) mass is 251 g/mol. The highest BCUT2D eigenvalue weighted by molar-refractivity contribution is 5.27. The maximum atomic E-state index is 10.0. The number of nitrogens with two attached hydrogens (primary N) is 1. The van der Waals surface area contributed by atoms with Crippen molar-refractivity contribution >= 4 is 0 Å². The minimum atomic E-state index is -0.714. The lowest BCUT2D eigenvalue weighted by atomic mass is 9.96. The molecule has 1 aromatic carbocycles. The Kier molecular flexibility index (Phi) is 4.22. The number of rotatable bonds is 6. The Hall–Kier alpha value is -1.10. The summed E-state index contributed by atoms with van der Waals surface area (Å²) in [6, 6.07) is 6.94. The van der Waals surface area contributed by atoms with Crippen molar-refractivity contribution < 1.29 is 14.9 Å². The summed E-state index contributed by atoms with van der Waals surface area (Å²) in [6.07, 6.45) is 1.19. The SMILES string of the molecule is COc1ccc(CC(O)C(N)C(O)C2CC2)cc1. The van der Waals surface area contributed by atoms with E-state index in [9.17, 15) is 10.2 Å². The third kappa shape index (κ3) is 3.22. The summed E-state index contributed by atoms with van der Waals surface area (Å²) in [6.45, 7) is 0. The van der Waals surface area contributed by atoms with Gasteiger partial charge >= 0.3 is 0 Å². The van der Waals surface area contributed by atoms with Crippen molar-refractivity contribution in [1.29, 1.82) is 0 Å². The van der Waals surface area contributed by atoms with Crippen molar-refractivity contribution in [2.24, 2.45) is 11.7 Å². The fourth-order valence-corrected chi connectivity index (χ4v) is 2.12. The maximum absolute atomic E-state index is 10.0. The summed E-state index contributed by atoms with van der Waals surface area (Å²) in [4.78, 5) is 0. The van der Waals surface area contributed by atoms with E-state index in [0.717, 1.165) is 24.2 Å². The molecule has 1 aromatic rings. The van der Waals surface area contributed by atoms with E-state index in [1.807, 2.05) is 24.3 Å². The Bertz CT molecular complexity index is 375. The smallest absolute Gasteiger partial charge is 0.118 e. The van der Waals surface area contributed by atoms with E-state index in [4.69, 9.17) is 10.5 Å². The Labute approximate surface area is 107 Å². The molecule has 1 saturated carbocycles. The number of benzene rings is 1. The third-order valence-corrected chi connectivity index (χ3v) is 3.55. The highest BCUT2D eigenvalue weighted by Crippen LogP contribution is 2.34. The fraction of sp³-hybridized carbons (Fsp3) is 0.571. The summed E-state index contributed by atoms with van der Waals surface area (Å²) in [5.74, 6) is 1.07. The van der Waals surface area contributed by atoms with E-state index in [-0.39, 0.29) is 5.92 Å². The molecule has 100 valence electrons. The van der Waals surface area contributed by atoms with Crippen molar-refractivity contribution in [1.82, 2.24) is 0 Å². The average molecular weight is 251 g/mol. The Morgan fingerprint density at radius 1 is 1.28 bits per heavy atom. The summed E-state index contributed by atoms with van der Waals surface area (Å²) >= 11 is 0. The third-order valence-electron chi connectivity index (χ3n) is 3.55. The zero-order valence-corrected chi connectivity index (χ0v) is 10.6. The minimum absolute atomic E-state index is 0.283. The van der Waals surface area contributed by atoms with Gasteiger partial charge in [0.15, 0.2) is 0 Å². The molecule has 4 N–H and O–H groups in total. The van der Waals surface area contributed by atoms with E-state index in [2.05, 4.69) is 0 Å². The quantitative estimate of drug-likeness (QED) is 0.695. The van der Waals surface area contributed by atoms with Crippen molar-refractivity contribution in [3.63, 3.8) is 0 Å². The van der Waals surface area contributed by atoms with Crippen LogP contribution in [0.1, 0.15) is 18.4 Å². The molecule has 3 unspecified atom stereocenters. The number of methoxy groups -OCH3 is 1. The molecule has 0 radical (unpaired) electrons. The van der Waals surface area contributed by atoms with E-state index in [1.54, 1.807) is 7.11 Å². The van der Waals surface area contributed by atoms with Gasteiger partial charge in [0.25, 0.3) is 0 Å². The minimum Gasteiger partial charge on any atom is -0.497 e. The molecular formula is C14H21NO3.